The van der Waals surface area contributed by atoms with Crippen LogP contribution in [-0.2, 0) is 0 Å². The molecule has 4 heteroatoms. The van der Waals surface area contributed by atoms with E-state index in [-0.39, 0.29) is 0 Å². The molecule has 0 aliphatic carbocycles. The molecule has 0 unspecified atom stereocenters. The molecular formula is C52H34N4. The van der Waals surface area contributed by atoms with Gasteiger partial charge in [0.25, 0.3) is 0 Å². The molecular weight excluding hydrogens is 681 g/mol. The van der Waals surface area contributed by atoms with Crippen LogP contribution in [0.3, 0.4) is 0 Å². The summed E-state index contributed by atoms with van der Waals surface area (Å²) < 4.78 is 4.67. The van der Waals surface area contributed by atoms with Crippen molar-refractivity contribution in [3.8, 4) is 56.4 Å². The minimum atomic E-state index is 0.636. The highest BCUT2D eigenvalue weighted by molar-refractivity contribution is 6.19. The number of fused-ring (bicyclic) bond motifs is 6. The van der Waals surface area contributed by atoms with Crippen molar-refractivity contribution in [1.82, 2.24) is 19.1 Å². The maximum Gasteiger partial charge on any atom is 0.235 e. The second kappa shape index (κ2) is 13.1. The SMILES string of the molecule is c1ccc(-c2ccc(-n3c4ccccc4c4cc5c(cc43)c3cc(-c4ccccc4)ccc3n5-c3nc(-c4ccccc4)cc(-c4ccccc4)n3)cc2)cc1. The van der Waals surface area contributed by atoms with Crippen molar-refractivity contribution in [3.05, 3.63) is 206 Å². The second-order valence-electron chi connectivity index (χ2n) is 14.3. The Morgan fingerprint density at radius 1 is 0.268 bits per heavy atom. The van der Waals surface area contributed by atoms with Crippen LogP contribution >= 0.6 is 0 Å². The molecule has 8 aromatic carbocycles. The minimum Gasteiger partial charge on any atom is -0.309 e. The van der Waals surface area contributed by atoms with E-state index in [9.17, 15) is 0 Å². The molecule has 4 nitrogen and oxygen atoms in total. The first-order valence-corrected chi connectivity index (χ1v) is 19.0. The number of aromatic nitrogens is 4. The summed E-state index contributed by atoms with van der Waals surface area (Å²) in [4.78, 5) is 10.7. The molecule has 0 saturated heterocycles. The normalized spacial score (nSPS) is 11.6. The van der Waals surface area contributed by atoms with Gasteiger partial charge in [-0.15, -0.1) is 0 Å². The lowest BCUT2D eigenvalue weighted by Gasteiger charge is -2.12. The maximum absolute atomic E-state index is 5.33. The molecule has 0 radical (unpaired) electrons. The predicted molar refractivity (Wildman–Crippen MR) is 232 cm³/mol. The van der Waals surface area contributed by atoms with Crippen molar-refractivity contribution in [3.63, 3.8) is 0 Å². The van der Waals surface area contributed by atoms with Gasteiger partial charge in [0.1, 0.15) is 0 Å². The number of nitrogens with zero attached hydrogens (tertiary/aromatic N) is 4. The van der Waals surface area contributed by atoms with Crippen molar-refractivity contribution in [2.24, 2.45) is 0 Å². The van der Waals surface area contributed by atoms with E-state index in [4.69, 9.17) is 9.97 Å². The molecule has 3 heterocycles. The zero-order chi connectivity index (χ0) is 37.0. The third-order valence-corrected chi connectivity index (χ3v) is 11.0. The van der Waals surface area contributed by atoms with Crippen LogP contribution in [0.5, 0.6) is 0 Å². The first kappa shape index (κ1) is 31.9. The van der Waals surface area contributed by atoms with Gasteiger partial charge < -0.3 is 4.57 Å². The lowest BCUT2D eigenvalue weighted by Crippen LogP contribution is -2.04. The molecule has 11 aromatic rings. The molecule has 0 spiro atoms. The van der Waals surface area contributed by atoms with Crippen LogP contribution in [0.15, 0.2) is 206 Å². The van der Waals surface area contributed by atoms with E-state index < -0.39 is 0 Å². The molecule has 0 N–H and O–H groups in total. The summed E-state index contributed by atoms with van der Waals surface area (Å²) in [6.07, 6.45) is 0. The lowest BCUT2D eigenvalue weighted by atomic mass is 10.0. The predicted octanol–water partition coefficient (Wildman–Crippen LogP) is 13.3. The molecule has 0 fully saturated rings. The van der Waals surface area contributed by atoms with Gasteiger partial charge in [0.15, 0.2) is 0 Å². The summed E-state index contributed by atoms with van der Waals surface area (Å²) in [7, 11) is 0. The topological polar surface area (TPSA) is 35.6 Å². The van der Waals surface area contributed by atoms with Crippen molar-refractivity contribution in [2.45, 2.75) is 0 Å². The molecule has 0 aliphatic heterocycles. The summed E-state index contributed by atoms with van der Waals surface area (Å²) in [6.45, 7) is 0. The van der Waals surface area contributed by atoms with E-state index >= 15 is 0 Å². The molecule has 0 bridgehead atoms. The smallest absolute Gasteiger partial charge is 0.235 e. The summed E-state index contributed by atoms with van der Waals surface area (Å²) in [5.74, 6) is 0.636. The first-order valence-electron chi connectivity index (χ1n) is 19.0. The molecule has 0 amide bonds. The Morgan fingerprint density at radius 2 is 0.696 bits per heavy atom. The molecule has 0 saturated carbocycles. The molecule has 56 heavy (non-hydrogen) atoms. The summed E-state index contributed by atoms with van der Waals surface area (Å²) >= 11 is 0. The van der Waals surface area contributed by atoms with E-state index in [0.717, 1.165) is 61.0 Å². The van der Waals surface area contributed by atoms with Gasteiger partial charge in [0.05, 0.1) is 33.5 Å². The van der Waals surface area contributed by atoms with Gasteiger partial charge in [-0.25, -0.2) is 9.97 Å². The van der Waals surface area contributed by atoms with Gasteiger partial charge >= 0.3 is 0 Å². The molecule has 0 aliphatic rings. The largest absolute Gasteiger partial charge is 0.309 e. The number of para-hydroxylation sites is 1. The number of benzene rings is 8. The van der Waals surface area contributed by atoms with Gasteiger partial charge in [-0.1, -0.05) is 158 Å². The Balaban J connectivity index is 1.21. The number of hydrogen-bond donors (Lipinski definition) is 0. The molecule has 3 aromatic heterocycles. The lowest BCUT2D eigenvalue weighted by molar-refractivity contribution is 0.996. The van der Waals surface area contributed by atoms with Crippen LogP contribution < -0.4 is 0 Å². The summed E-state index contributed by atoms with van der Waals surface area (Å²) in [5.41, 5.74) is 14.1. The van der Waals surface area contributed by atoms with Crippen LogP contribution in [0.25, 0.3) is 100 Å². The average Bonchev–Trinajstić information content (AvgIpc) is 3.78. The Bertz CT molecular complexity index is 3140. The molecule has 11 rings (SSSR count). The monoisotopic (exact) mass is 714 g/mol. The second-order valence-corrected chi connectivity index (χ2v) is 14.3. The Hall–Kier alpha value is -7.56. The number of rotatable bonds is 6. The highest BCUT2D eigenvalue weighted by Crippen LogP contribution is 2.41. The van der Waals surface area contributed by atoms with Gasteiger partial charge in [-0.05, 0) is 70.8 Å². The maximum atomic E-state index is 5.33. The van der Waals surface area contributed by atoms with Gasteiger partial charge in [0.2, 0.25) is 5.95 Å². The van der Waals surface area contributed by atoms with Crippen LogP contribution in [0.2, 0.25) is 0 Å². The van der Waals surface area contributed by atoms with Crippen molar-refractivity contribution in [2.75, 3.05) is 0 Å². The van der Waals surface area contributed by atoms with E-state index in [1.165, 1.54) is 33.0 Å². The van der Waals surface area contributed by atoms with E-state index in [1.54, 1.807) is 0 Å². The van der Waals surface area contributed by atoms with Crippen molar-refractivity contribution < 1.29 is 0 Å². The zero-order valence-corrected chi connectivity index (χ0v) is 30.4. The van der Waals surface area contributed by atoms with Crippen LogP contribution in [0.1, 0.15) is 0 Å². The third-order valence-electron chi connectivity index (χ3n) is 11.0. The number of hydrogen-bond acceptors (Lipinski definition) is 2. The van der Waals surface area contributed by atoms with Crippen LogP contribution in [-0.4, -0.2) is 19.1 Å². The molecule has 0 atom stereocenters. The fourth-order valence-corrected chi connectivity index (χ4v) is 8.27. The minimum absolute atomic E-state index is 0.636. The van der Waals surface area contributed by atoms with E-state index in [2.05, 4.69) is 203 Å². The Morgan fingerprint density at radius 3 is 1.30 bits per heavy atom. The average molecular weight is 715 g/mol. The van der Waals surface area contributed by atoms with Gasteiger partial charge in [-0.3, -0.25) is 4.57 Å². The van der Waals surface area contributed by atoms with Gasteiger partial charge in [0, 0.05) is 38.4 Å². The summed E-state index contributed by atoms with van der Waals surface area (Å²) in [6, 6.07) is 73.2. The Labute approximate surface area is 324 Å². The molecule has 262 valence electrons. The standard InChI is InChI=1S/C52H34N4/c1-5-15-35(16-6-1)37-25-28-41(29-26-37)55-48-24-14-13-23-42(48)44-32-51-45(33-50(44)55)43-31-40(36-17-7-2-8-18-36)27-30-49(43)56(51)52-53-46(38-19-9-3-10-20-38)34-47(54-52)39-21-11-4-12-22-39/h1-34H. The zero-order valence-electron chi connectivity index (χ0n) is 30.4. The Kier molecular flexibility index (Phi) is 7.46. The van der Waals surface area contributed by atoms with Crippen LogP contribution in [0.4, 0.5) is 0 Å². The fourth-order valence-electron chi connectivity index (χ4n) is 8.27. The summed E-state index contributed by atoms with van der Waals surface area (Å²) in [5, 5.41) is 4.66. The van der Waals surface area contributed by atoms with E-state index in [1.807, 2.05) is 12.1 Å². The van der Waals surface area contributed by atoms with Crippen LogP contribution in [0, 0.1) is 0 Å². The van der Waals surface area contributed by atoms with Crippen molar-refractivity contribution in [1.29, 1.82) is 0 Å². The van der Waals surface area contributed by atoms with E-state index in [0.29, 0.717) is 5.95 Å². The van der Waals surface area contributed by atoms with Gasteiger partial charge in [-0.2, -0.15) is 0 Å². The first-order chi connectivity index (χ1) is 27.8. The quantitative estimate of drug-likeness (QED) is 0.172. The highest BCUT2D eigenvalue weighted by atomic mass is 15.2. The van der Waals surface area contributed by atoms with Crippen molar-refractivity contribution >= 4 is 43.6 Å². The highest BCUT2D eigenvalue weighted by Gasteiger charge is 2.21. The third kappa shape index (κ3) is 5.31. The fraction of sp³-hybridized carbons (Fsp3) is 0.